The van der Waals surface area contributed by atoms with Gasteiger partial charge in [0, 0.05) is 45.0 Å². The Morgan fingerprint density at radius 2 is 2.11 bits per heavy atom. The molecule has 1 aliphatic heterocycles. The Morgan fingerprint density at radius 3 is 2.78 bits per heavy atom. The van der Waals surface area contributed by atoms with Gasteiger partial charge in [-0.1, -0.05) is 0 Å². The summed E-state index contributed by atoms with van der Waals surface area (Å²) < 4.78 is 12.8. The zero-order valence-corrected chi connectivity index (χ0v) is 11.2. The van der Waals surface area contributed by atoms with Crippen LogP contribution in [-0.2, 0) is 0 Å². The van der Waals surface area contributed by atoms with Crippen LogP contribution in [0.5, 0.6) is 0 Å². The van der Waals surface area contributed by atoms with Crippen molar-refractivity contribution in [2.24, 2.45) is 0 Å². The van der Waals surface area contributed by atoms with Gasteiger partial charge in [0.1, 0.15) is 5.82 Å². The second kappa shape index (κ2) is 6.16. The third kappa shape index (κ3) is 3.68. The van der Waals surface area contributed by atoms with Gasteiger partial charge >= 0.3 is 0 Å². The van der Waals surface area contributed by atoms with Crippen LogP contribution in [0.2, 0.25) is 0 Å². The monoisotopic (exact) mass is 251 g/mol. The summed E-state index contributed by atoms with van der Waals surface area (Å²) in [4.78, 5) is 4.54. The molecule has 0 bridgehead atoms. The number of halogens is 1. The van der Waals surface area contributed by atoms with Gasteiger partial charge in [0.05, 0.1) is 0 Å². The van der Waals surface area contributed by atoms with Crippen LogP contribution in [-0.4, -0.2) is 51.2 Å². The molecule has 1 aliphatic rings. The van der Waals surface area contributed by atoms with E-state index in [1.54, 1.807) is 0 Å². The number of rotatable bonds is 4. The molecule has 1 heterocycles. The van der Waals surface area contributed by atoms with E-state index < -0.39 is 0 Å². The maximum atomic E-state index is 12.8. The predicted octanol–water partition coefficient (Wildman–Crippen LogP) is 1.56. The number of anilines is 1. The molecule has 1 fully saturated rings. The second-order valence-electron chi connectivity index (χ2n) is 5.10. The normalized spacial score (nSPS) is 20.9. The van der Waals surface area contributed by atoms with Gasteiger partial charge in [0.15, 0.2) is 0 Å². The predicted molar refractivity (Wildman–Crippen MR) is 73.6 cm³/mol. The maximum absolute atomic E-state index is 12.8. The van der Waals surface area contributed by atoms with Crippen LogP contribution in [0, 0.1) is 5.82 Å². The van der Waals surface area contributed by atoms with E-state index in [1.807, 2.05) is 12.1 Å². The highest BCUT2D eigenvalue weighted by molar-refractivity contribution is 5.45. The first-order valence-electron chi connectivity index (χ1n) is 6.54. The minimum absolute atomic E-state index is 0.178. The molecule has 1 unspecified atom stereocenters. The summed E-state index contributed by atoms with van der Waals surface area (Å²) in [5, 5.41) is 3.54. The fraction of sp³-hybridized carbons (Fsp3) is 0.571. The number of nitrogens with zero attached hydrogens (tertiary/aromatic N) is 2. The first-order chi connectivity index (χ1) is 8.65. The van der Waals surface area contributed by atoms with Crippen molar-refractivity contribution in [1.29, 1.82) is 0 Å². The lowest BCUT2D eigenvalue weighted by Gasteiger charge is -2.32. The highest BCUT2D eigenvalue weighted by Crippen LogP contribution is 2.14. The van der Waals surface area contributed by atoms with Crippen molar-refractivity contribution in [3.63, 3.8) is 0 Å². The van der Waals surface area contributed by atoms with Crippen molar-refractivity contribution in [2.45, 2.75) is 12.5 Å². The molecule has 1 atom stereocenters. The van der Waals surface area contributed by atoms with E-state index in [-0.39, 0.29) is 5.82 Å². The van der Waals surface area contributed by atoms with E-state index in [9.17, 15) is 4.39 Å². The molecule has 1 saturated heterocycles. The van der Waals surface area contributed by atoms with Crippen LogP contribution in [0.15, 0.2) is 24.3 Å². The number of piperazine rings is 1. The average Bonchev–Trinajstić information content (AvgIpc) is 2.37. The van der Waals surface area contributed by atoms with Crippen LogP contribution < -0.4 is 10.2 Å². The first kappa shape index (κ1) is 13.3. The quantitative estimate of drug-likeness (QED) is 0.876. The molecule has 100 valence electrons. The number of hydrogen-bond acceptors (Lipinski definition) is 3. The maximum Gasteiger partial charge on any atom is 0.123 e. The van der Waals surface area contributed by atoms with Crippen molar-refractivity contribution in [2.75, 3.05) is 45.2 Å². The van der Waals surface area contributed by atoms with Gasteiger partial charge in [0.2, 0.25) is 0 Å². The minimum atomic E-state index is -0.178. The molecule has 18 heavy (non-hydrogen) atoms. The SMILES string of the molecule is CN1CCNC(CCN(C)c2ccc(F)cc2)C1. The highest BCUT2D eigenvalue weighted by Gasteiger charge is 2.16. The number of benzene rings is 1. The summed E-state index contributed by atoms with van der Waals surface area (Å²) in [6.07, 6.45) is 1.11. The molecule has 0 spiro atoms. The van der Waals surface area contributed by atoms with Gasteiger partial charge in [0.25, 0.3) is 0 Å². The van der Waals surface area contributed by atoms with Crippen LogP contribution >= 0.6 is 0 Å². The first-order valence-corrected chi connectivity index (χ1v) is 6.54. The highest BCUT2D eigenvalue weighted by atomic mass is 19.1. The van der Waals surface area contributed by atoms with Gasteiger partial charge in [-0.3, -0.25) is 0 Å². The van der Waals surface area contributed by atoms with Gasteiger partial charge in [-0.15, -0.1) is 0 Å². The number of likely N-dealkylation sites (N-methyl/N-ethyl adjacent to an activating group) is 1. The average molecular weight is 251 g/mol. The standard InChI is InChI=1S/C14H22FN3/c1-17-10-8-16-13(11-17)7-9-18(2)14-5-3-12(15)4-6-14/h3-6,13,16H,7-11H2,1-2H3. The van der Waals surface area contributed by atoms with Gasteiger partial charge in [-0.05, 0) is 37.7 Å². The third-order valence-corrected chi connectivity index (χ3v) is 3.54. The van der Waals surface area contributed by atoms with E-state index in [2.05, 4.69) is 29.2 Å². The van der Waals surface area contributed by atoms with E-state index in [0.29, 0.717) is 6.04 Å². The van der Waals surface area contributed by atoms with Crippen LogP contribution in [0.1, 0.15) is 6.42 Å². The molecule has 4 heteroatoms. The molecular weight excluding hydrogens is 229 g/mol. The Bertz CT molecular complexity index is 366. The minimum Gasteiger partial charge on any atom is -0.375 e. The summed E-state index contributed by atoms with van der Waals surface area (Å²) in [5.74, 6) is -0.178. The Morgan fingerprint density at radius 1 is 1.39 bits per heavy atom. The molecule has 1 N–H and O–H groups in total. The zero-order chi connectivity index (χ0) is 13.0. The molecule has 0 amide bonds. The fourth-order valence-corrected chi connectivity index (χ4v) is 2.36. The molecule has 0 aliphatic carbocycles. The van der Waals surface area contributed by atoms with E-state index in [0.717, 1.165) is 38.3 Å². The molecule has 0 aromatic heterocycles. The van der Waals surface area contributed by atoms with E-state index >= 15 is 0 Å². The molecule has 0 saturated carbocycles. The van der Waals surface area contributed by atoms with E-state index in [4.69, 9.17) is 0 Å². The van der Waals surface area contributed by atoms with Crippen LogP contribution in [0.25, 0.3) is 0 Å². The topological polar surface area (TPSA) is 18.5 Å². The Balaban J connectivity index is 1.80. The third-order valence-electron chi connectivity index (χ3n) is 3.54. The summed E-state index contributed by atoms with van der Waals surface area (Å²) in [6.45, 7) is 4.29. The molecule has 1 aromatic carbocycles. The van der Waals surface area contributed by atoms with Crippen molar-refractivity contribution >= 4 is 5.69 Å². The Hall–Kier alpha value is -1.13. The fourth-order valence-electron chi connectivity index (χ4n) is 2.36. The summed E-state index contributed by atoms with van der Waals surface area (Å²) in [7, 11) is 4.22. The van der Waals surface area contributed by atoms with Crippen molar-refractivity contribution in [3.05, 3.63) is 30.1 Å². The molecule has 3 nitrogen and oxygen atoms in total. The van der Waals surface area contributed by atoms with Crippen molar-refractivity contribution in [3.8, 4) is 0 Å². The smallest absolute Gasteiger partial charge is 0.123 e. The van der Waals surface area contributed by atoms with Crippen LogP contribution in [0.4, 0.5) is 10.1 Å². The zero-order valence-electron chi connectivity index (χ0n) is 11.2. The Labute approximate surface area is 109 Å². The lowest BCUT2D eigenvalue weighted by Crippen LogP contribution is -2.49. The number of nitrogens with one attached hydrogen (secondary N) is 1. The molecular formula is C14H22FN3. The number of hydrogen-bond donors (Lipinski definition) is 1. The lowest BCUT2D eigenvalue weighted by atomic mass is 10.1. The Kier molecular flexibility index (Phi) is 4.55. The summed E-state index contributed by atoms with van der Waals surface area (Å²) in [6, 6.07) is 7.24. The molecule has 1 aromatic rings. The van der Waals surface area contributed by atoms with Gasteiger partial charge in [-0.25, -0.2) is 4.39 Å². The van der Waals surface area contributed by atoms with Gasteiger partial charge in [-0.2, -0.15) is 0 Å². The van der Waals surface area contributed by atoms with Crippen molar-refractivity contribution < 1.29 is 4.39 Å². The lowest BCUT2D eigenvalue weighted by molar-refractivity contribution is 0.233. The molecule has 2 rings (SSSR count). The van der Waals surface area contributed by atoms with Crippen LogP contribution in [0.3, 0.4) is 0 Å². The second-order valence-corrected chi connectivity index (χ2v) is 5.10. The van der Waals surface area contributed by atoms with E-state index in [1.165, 1.54) is 12.1 Å². The summed E-state index contributed by atoms with van der Waals surface area (Å²) >= 11 is 0. The summed E-state index contributed by atoms with van der Waals surface area (Å²) in [5.41, 5.74) is 1.07. The van der Waals surface area contributed by atoms with Crippen molar-refractivity contribution in [1.82, 2.24) is 10.2 Å². The van der Waals surface area contributed by atoms with Gasteiger partial charge < -0.3 is 15.1 Å². The largest absolute Gasteiger partial charge is 0.375 e. The molecule has 0 radical (unpaired) electrons.